The first-order chi connectivity index (χ1) is 8.62. The molecule has 1 aromatic carbocycles. The van der Waals surface area contributed by atoms with E-state index < -0.39 is 6.04 Å². The zero-order valence-electron chi connectivity index (χ0n) is 12.9. The van der Waals surface area contributed by atoms with Crippen molar-refractivity contribution in [3.63, 3.8) is 0 Å². The van der Waals surface area contributed by atoms with Crippen LogP contribution >= 0.6 is 0 Å². The van der Waals surface area contributed by atoms with Gasteiger partial charge in [0.25, 0.3) is 0 Å². The summed E-state index contributed by atoms with van der Waals surface area (Å²) in [6, 6.07) is 5.73. The van der Waals surface area contributed by atoms with Gasteiger partial charge >= 0.3 is 0 Å². The molecule has 1 rings (SSSR count). The van der Waals surface area contributed by atoms with Gasteiger partial charge in [-0.2, -0.15) is 0 Å². The second kappa shape index (κ2) is 5.74. The summed E-state index contributed by atoms with van der Waals surface area (Å²) in [5.41, 5.74) is 9.30. The molecule has 19 heavy (non-hydrogen) atoms. The predicted octanol–water partition coefficient (Wildman–Crippen LogP) is 2.85. The van der Waals surface area contributed by atoms with Crippen LogP contribution in [-0.2, 0) is 4.79 Å². The highest BCUT2D eigenvalue weighted by molar-refractivity contribution is 5.82. The van der Waals surface area contributed by atoms with Crippen LogP contribution in [-0.4, -0.2) is 11.9 Å². The maximum atomic E-state index is 12.1. The molecular weight excluding hydrogens is 236 g/mol. The van der Waals surface area contributed by atoms with Gasteiger partial charge in [0.1, 0.15) is 0 Å². The number of rotatable bonds is 3. The van der Waals surface area contributed by atoms with E-state index in [1.165, 1.54) is 11.1 Å². The zero-order valence-corrected chi connectivity index (χ0v) is 12.9. The molecule has 0 saturated carbocycles. The second-order valence-electron chi connectivity index (χ2n) is 6.43. The molecule has 0 fully saturated rings. The highest BCUT2D eigenvalue weighted by atomic mass is 16.2. The third-order valence-electron chi connectivity index (χ3n) is 3.47. The minimum absolute atomic E-state index is 0.0264. The third kappa shape index (κ3) is 4.06. The zero-order chi connectivity index (χ0) is 14.8. The van der Waals surface area contributed by atoms with E-state index in [1.807, 2.05) is 27.7 Å². The number of hydrogen-bond donors (Lipinski definition) is 2. The van der Waals surface area contributed by atoms with Crippen LogP contribution in [0.3, 0.4) is 0 Å². The molecule has 3 nitrogen and oxygen atoms in total. The van der Waals surface area contributed by atoms with Gasteiger partial charge in [-0.1, -0.05) is 44.5 Å². The van der Waals surface area contributed by atoms with Crippen LogP contribution in [0, 0.1) is 19.3 Å². The van der Waals surface area contributed by atoms with Gasteiger partial charge in [-0.3, -0.25) is 4.79 Å². The summed E-state index contributed by atoms with van der Waals surface area (Å²) in [6.07, 6.45) is 0. The third-order valence-corrected chi connectivity index (χ3v) is 3.47. The Balaban J connectivity index is 2.80. The molecule has 3 N–H and O–H groups in total. The van der Waals surface area contributed by atoms with Gasteiger partial charge < -0.3 is 11.1 Å². The lowest BCUT2D eigenvalue weighted by molar-refractivity contribution is -0.125. The Morgan fingerprint density at radius 2 is 1.84 bits per heavy atom. The standard InChI is InChI=1S/C16H26N2O/c1-10-7-8-13(11(2)9-10)12(3)18-15(19)14(17)16(4,5)6/h7-9,12,14H,17H2,1-6H3,(H,18,19)/t12?,14-/m0/s1. The van der Waals surface area contributed by atoms with Crippen molar-refractivity contribution in [1.82, 2.24) is 5.32 Å². The smallest absolute Gasteiger partial charge is 0.237 e. The first-order valence-corrected chi connectivity index (χ1v) is 6.76. The van der Waals surface area contributed by atoms with Gasteiger partial charge in [0.15, 0.2) is 0 Å². The van der Waals surface area contributed by atoms with Gasteiger partial charge in [0, 0.05) is 0 Å². The Kier molecular flexibility index (Phi) is 4.75. The van der Waals surface area contributed by atoms with Crippen LogP contribution in [0.25, 0.3) is 0 Å². The van der Waals surface area contributed by atoms with Crippen LogP contribution in [0.4, 0.5) is 0 Å². The average molecular weight is 262 g/mol. The molecule has 1 unspecified atom stereocenters. The molecule has 0 bridgehead atoms. The Bertz CT molecular complexity index is 460. The van der Waals surface area contributed by atoms with Crippen LogP contribution in [0.15, 0.2) is 18.2 Å². The summed E-state index contributed by atoms with van der Waals surface area (Å²) in [5.74, 6) is -0.0972. The summed E-state index contributed by atoms with van der Waals surface area (Å²) in [6.45, 7) is 12.0. The van der Waals surface area contributed by atoms with Crippen molar-refractivity contribution in [2.24, 2.45) is 11.1 Å². The van der Waals surface area contributed by atoms with Crippen molar-refractivity contribution in [2.45, 2.75) is 53.6 Å². The van der Waals surface area contributed by atoms with Gasteiger partial charge in [-0.25, -0.2) is 0 Å². The quantitative estimate of drug-likeness (QED) is 0.880. The lowest BCUT2D eigenvalue weighted by atomic mass is 9.86. The summed E-state index contributed by atoms with van der Waals surface area (Å²) < 4.78 is 0. The summed E-state index contributed by atoms with van der Waals surface area (Å²) in [4.78, 5) is 12.1. The molecule has 106 valence electrons. The molecule has 0 aliphatic rings. The predicted molar refractivity (Wildman–Crippen MR) is 79.9 cm³/mol. The molecule has 0 heterocycles. The molecule has 3 heteroatoms. The summed E-state index contributed by atoms with van der Waals surface area (Å²) >= 11 is 0. The number of carbonyl (C=O) groups excluding carboxylic acids is 1. The molecular formula is C16H26N2O. The maximum Gasteiger partial charge on any atom is 0.237 e. The molecule has 1 amide bonds. The van der Waals surface area contributed by atoms with Crippen molar-refractivity contribution in [3.8, 4) is 0 Å². The minimum Gasteiger partial charge on any atom is -0.348 e. The number of aryl methyl sites for hydroxylation is 2. The monoisotopic (exact) mass is 262 g/mol. The first-order valence-electron chi connectivity index (χ1n) is 6.76. The maximum absolute atomic E-state index is 12.1. The van der Waals surface area contributed by atoms with Crippen LogP contribution < -0.4 is 11.1 Å². The number of carbonyl (C=O) groups is 1. The molecule has 0 saturated heterocycles. The highest BCUT2D eigenvalue weighted by Gasteiger charge is 2.28. The highest BCUT2D eigenvalue weighted by Crippen LogP contribution is 2.21. The Hall–Kier alpha value is -1.35. The number of nitrogens with two attached hydrogens (primary N) is 1. The topological polar surface area (TPSA) is 55.1 Å². The van der Waals surface area contributed by atoms with Gasteiger partial charge in [-0.15, -0.1) is 0 Å². The number of benzene rings is 1. The van der Waals surface area contributed by atoms with Crippen molar-refractivity contribution in [1.29, 1.82) is 0 Å². The van der Waals surface area contributed by atoms with Gasteiger partial charge in [-0.05, 0) is 37.3 Å². The second-order valence-corrected chi connectivity index (χ2v) is 6.43. The molecule has 0 aromatic heterocycles. The lowest BCUT2D eigenvalue weighted by Gasteiger charge is -2.28. The van der Waals surface area contributed by atoms with Crippen LogP contribution in [0.5, 0.6) is 0 Å². The molecule has 0 spiro atoms. The summed E-state index contributed by atoms with van der Waals surface area (Å²) in [5, 5.41) is 3.00. The van der Waals surface area contributed by atoms with Crippen molar-refractivity contribution in [2.75, 3.05) is 0 Å². The molecule has 0 aliphatic heterocycles. The number of hydrogen-bond acceptors (Lipinski definition) is 2. The molecule has 0 aliphatic carbocycles. The van der Waals surface area contributed by atoms with E-state index in [1.54, 1.807) is 0 Å². The van der Waals surface area contributed by atoms with E-state index in [0.717, 1.165) is 5.56 Å². The van der Waals surface area contributed by atoms with Crippen LogP contribution in [0.2, 0.25) is 0 Å². The lowest BCUT2D eigenvalue weighted by Crippen LogP contribution is -2.49. The largest absolute Gasteiger partial charge is 0.348 e. The van der Waals surface area contributed by atoms with Crippen molar-refractivity contribution >= 4 is 5.91 Å². The fourth-order valence-corrected chi connectivity index (χ4v) is 2.09. The molecule has 1 aromatic rings. The van der Waals surface area contributed by atoms with E-state index in [4.69, 9.17) is 5.73 Å². The molecule has 2 atom stereocenters. The normalized spacial score (nSPS) is 14.9. The molecule has 0 radical (unpaired) electrons. The van der Waals surface area contributed by atoms with E-state index in [-0.39, 0.29) is 17.4 Å². The average Bonchev–Trinajstić information content (AvgIpc) is 2.26. The number of amides is 1. The Morgan fingerprint density at radius 3 is 2.32 bits per heavy atom. The van der Waals surface area contributed by atoms with Crippen molar-refractivity contribution < 1.29 is 4.79 Å². The first kappa shape index (κ1) is 15.7. The van der Waals surface area contributed by atoms with Crippen LogP contribution in [0.1, 0.15) is 50.4 Å². The minimum atomic E-state index is -0.499. The fraction of sp³-hybridized carbons (Fsp3) is 0.562. The van der Waals surface area contributed by atoms with E-state index in [2.05, 4.69) is 37.4 Å². The van der Waals surface area contributed by atoms with Gasteiger partial charge in [0.05, 0.1) is 12.1 Å². The van der Waals surface area contributed by atoms with E-state index in [0.29, 0.717) is 0 Å². The van der Waals surface area contributed by atoms with Gasteiger partial charge in [0.2, 0.25) is 5.91 Å². The summed E-state index contributed by atoms with van der Waals surface area (Å²) in [7, 11) is 0. The fourth-order valence-electron chi connectivity index (χ4n) is 2.09. The Labute approximate surface area is 116 Å². The SMILES string of the molecule is Cc1ccc(C(C)NC(=O)[C@H](N)C(C)(C)C)c(C)c1. The van der Waals surface area contributed by atoms with E-state index >= 15 is 0 Å². The van der Waals surface area contributed by atoms with E-state index in [9.17, 15) is 4.79 Å². The Morgan fingerprint density at radius 1 is 1.26 bits per heavy atom. The van der Waals surface area contributed by atoms with Crippen molar-refractivity contribution in [3.05, 3.63) is 34.9 Å². The number of nitrogens with one attached hydrogen (secondary N) is 1.